The van der Waals surface area contributed by atoms with Gasteiger partial charge in [0, 0.05) is 19.3 Å². The predicted octanol–water partition coefficient (Wildman–Crippen LogP) is 2.19. The minimum absolute atomic E-state index is 0.119. The number of nitrogens with two attached hydrogens (primary N) is 1. The summed E-state index contributed by atoms with van der Waals surface area (Å²) in [4.78, 5) is 6.67. The molecule has 0 radical (unpaired) electrons. The zero-order valence-electron chi connectivity index (χ0n) is 11.6. The summed E-state index contributed by atoms with van der Waals surface area (Å²) in [6.07, 6.45) is 5.27. The molecule has 3 N–H and O–H groups in total. The fourth-order valence-corrected chi connectivity index (χ4v) is 2.85. The van der Waals surface area contributed by atoms with Crippen molar-refractivity contribution in [2.45, 2.75) is 33.1 Å². The molecule has 1 fully saturated rings. The molecular weight excluding hydrogens is 240 g/mol. The van der Waals surface area contributed by atoms with Crippen molar-refractivity contribution in [3.63, 3.8) is 0 Å². The van der Waals surface area contributed by atoms with Gasteiger partial charge >= 0.3 is 0 Å². The molecule has 2 heterocycles. The van der Waals surface area contributed by atoms with Gasteiger partial charge in [-0.2, -0.15) is 0 Å². The molecule has 0 unspecified atom stereocenters. The first-order valence-electron chi connectivity index (χ1n) is 6.83. The van der Waals surface area contributed by atoms with E-state index in [4.69, 9.17) is 10.9 Å². The Hall–Kier alpha value is -1.78. The van der Waals surface area contributed by atoms with Crippen molar-refractivity contribution in [3.8, 4) is 0 Å². The van der Waals surface area contributed by atoms with Crippen LogP contribution in [0.25, 0.3) is 0 Å². The van der Waals surface area contributed by atoms with Crippen LogP contribution in [0.15, 0.2) is 23.5 Å². The number of pyridine rings is 1. The number of hydrogen-bond acceptors (Lipinski definition) is 4. The van der Waals surface area contributed by atoms with Crippen LogP contribution in [0.2, 0.25) is 0 Å². The average Bonchev–Trinajstić information content (AvgIpc) is 2.91. The van der Waals surface area contributed by atoms with E-state index in [1.54, 1.807) is 12.3 Å². The zero-order valence-corrected chi connectivity index (χ0v) is 11.6. The van der Waals surface area contributed by atoms with Gasteiger partial charge in [-0.25, -0.2) is 4.98 Å². The fourth-order valence-electron chi connectivity index (χ4n) is 2.85. The molecule has 2 rings (SSSR count). The molecule has 0 bridgehead atoms. The van der Waals surface area contributed by atoms with Crippen LogP contribution < -0.4 is 10.6 Å². The van der Waals surface area contributed by atoms with E-state index in [1.807, 2.05) is 6.07 Å². The van der Waals surface area contributed by atoms with E-state index < -0.39 is 0 Å². The van der Waals surface area contributed by atoms with Crippen molar-refractivity contribution < 1.29 is 5.21 Å². The molecule has 1 aliphatic heterocycles. The maximum atomic E-state index is 8.87. The first-order chi connectivity index (χ1) is 9.15. The summed E-state index contributed by atoms with van der Waals surface area (Å²) in [5.74, 6) is 0.940. The highest BCUT2D eigenvalue weighted by Crippen LogP contribution is 2.39. The van der Waals surface area contributed by atoms with Crippen LogP contribution in [0, 0.1) is 5.41 Å². The van der Waals surface area contributed by atoms with Crippen LogP contribution in [0.5, 0.6) is 0 Å². The van der Waals surface area contributed by atoms with Crippen LogP contribution in [0.4, 0.5) is 5.82 Å². The van der Waals surface area contributed by atoms with Gasteiger partial charge in [0.15, 0.2) is 5.84 Å². The van der Waals surface area contributed by atoms with E-state index in [2.05, 4.69) is 28.9 Å². The summed E-state index contributed by atoms with van der Waals surface area (Å²) >= 11 is 0. The Bertz CT molecular complexity index is 468. The summed E-state index contributed by atoms with van der Waals surface area (Å²) in [7, 11) is 0. The van der Waals surface area contributed by atoms with Crippen molar-refractivity contribution in [2.75, 3.05) is 18.0 Å². The molecule has 19 heavy (non-hydrogen) atoms. The van der Waals surface area contributed by atoms with Gasteiger partial charge in [0.05, 0.1) is 5.56 Å². The van der Waals surface area contributed by atoms with Crippen LogP contribution in [-0.4, -0.2) is 29.1 Å². The SMILES string of the molecule is CCC1(CC)CCN(c2ncccc2/C(N)=N/O)C1. The van der Waals surface area contributed by atoms with E-state index in [9.17, 15) is 0 Å². The van der Waals surface area contributed by atoms with Gasteiger partial charge < -0.3 is 15.8 Å². The van der Waals surface area contributed by atoms with Crippen LogP contribution in [-0.2, 0) is 0 Å². The van der Waals surface area contributed by atoms with Gasteiger partial charge in [0.25, 0.3) is 0 Å². The number of rotatable bonds is 4. The van der Waals surface area contributed by atoms with E-state index in [1.165, 1.54) is 19.3 Å². The highest BCUT2D eigenvalue weighted by Gasteiger charge is 2.36. The maximum Gasteiger partial charge on any atom is 0.173 e. The van der Waals surface area contributed by atoms with Gasteiger partial charge in [-0.15, -0.1) is 0 Å². The zero-order chi connectivity index (χ0) is 13.9. The van der Waals surface area contributed by atoms with E-state index in [0.29, 0.717) is 11.0 Å². The number of nitrogens with zero attached hydrogens (tertiary/aromatic N) is 3. The smallest absolute Gasteiger partial charge is 0.173 e. The molecule has 1 saturated heterocycles. The third-order valence-electron chi connectivity index (χ3n) is 4.41. The fraction of sp³-hybridized carbons (Fsp3) is 0.571. The number of oxime groups is 1. The van der Waals surface area contributed by atoms with Crippen molar-refractivity contribution in [2.24, 2.45) is 16.3 Å². The van der Waals surface area contributed by atoms with Gasteiger partial charge in [-0.3, -0.25) is 0 Å². The lowest BCUT2D eigenvalue weighted by Gasteiger charge is -2.27. The number of amidine groups is 1. The lowest BCUT2D eigenvalue weighted by atomic mass is 9.82. The van der Waals surface area contributed by atoms with Crippen LogP contribution >= 0.6 is 0 Å². The van der Waals surface area contributed by atoms with E-state index in [0.717, 1.165) is 18.9 Å². The second-order valence-electron chi connectivity index (χ2n) is 5.24. The van der Waals surface area contributed by atoms with Crippen molar-refractivity contribution in [1.29, 1.82) is 0 Å². The average molecular weight is 262 g/mol. The molecule has 0 aromatic carbocycles. The lowest BCUT2D eigenvalue weighted by Crippen LogP contribution is -2.29. The van der Waals surface area contributed by atoms with Crippen molar-refractivity contribution >= 4 is 11.7 Å². The number of hydrogen-bond donors (Lipinski definition) is 2. The summed E-state index contributed by atoms with van der Waals surface area (Å²) in [6, 6.07) is 3.65. The maximum absolute atomic E-state index is 8.87. The minimum Gasteiger partial charge on any atom is -0.409 e. The van der Waals surface area contributed by atoms with Crippen molar-refractivity contribution in [1.82, 2.24) is 4.98 Å². The predicted molar refractivity (Wildman–Crippen MR) is 76.6 cm³/mol. The highest BCUT2D eigenvalue weighted by molar-refractivity contribution is 6.01. The third kappa shape index (κ3) is 2.50. The minimum atomic E-state index is 0.119. The van der Waals surface area contributed by atoms with Crippen molar-refractivity contribution in [3.05, 3.63) is 23.9 Å². The molecule has 0 saturated carbocycles. The standard InChI is InChI=1S/C14H22N4O/c1-3-14(4-2)7-9-18(10-14)13-11(12(15)17-19)6-5-8-16-13/h5-6,8,19H,3-4,7,9-10H2,1-2H3,(H2,15,17). The topological polar surface area (TPSA) is 74.7 Å². The van der Waals surface area contributed by atoms with Gasteiger partial charge in [-0.1, -0.05) is 19.0 Å². The summed E-state index contributed by atoms with van der Waals surface area (Å²) in [5, 5.41) is 12.0. The molecule has 1 aromatic heterocycles. The summed E-state index contributed by atoms with van der Waals surface area (Å²) in [6.45, 7) is 6.46. The Morgan fingerprint density at radius 3 is 2.84 bits per heavy atom. The Morgan fingerprint density at radius 1 is 1.53 bits per heavy atom. The largest absolute Gasteiger partial charge is 0.409 e. The second kappa shape index (κ2) is 5.47. The second-order valence-corrected chi connectivity index (χ2v) is 5.24. The van der Waals surface area contributed by atoms with Crippen LogP contribution in [0.1, 0.15) is 38.7 Å². The molecule has 5 heteroatoms. The van der Waals surface area contributed by atoms with E-state index in [-0.39, 0.29) is 5.84 Å². The summed E-state index contributed by atoms with van der Waals surface area (Å²) in [5.41, 5.74) is 6.81. The molecule has 104 valence electrons. The molecule has 0 aliphatic carbocycles. The van der Waals surface area contributed by atoms with Gasteiger partial charge in [-0.05, 0) is 36.8 Å². The molecule has 0 amide bonds. The number of anilines is 1. The van der Waals surface area contributed by atoms with Gasteiger partial charge in [0.1, 0.15) is 5.82 Å². The third-order valence-corrected chi connectivity index (χ3v) is 4.41. The van der Waals surface area contributed by atoms with E-state index >= 15 is 0 Å². The molecule has 1 aromatic rings. The van der Waals surface area contributed by atoms with Gasteiger partial charge in [0.2, 0.25) is 0 Å². The Morgan fingerprint density at radius 2 is 2.26 bits per heavy atom. The normalized spacial score (nSPS) is 18.8. The monoisotopic (exact) mass is 262 g/mol. The Labute approximate surface area is 114 Å². The first kappa shape index (κ1) is 13.6. The molecular formula is C14H22N4O. The first-order valence-corrected chi connectivity index (χ1v) is 6.83. The lowest BCUT2D eigenvalue weighted by molar-refractivity contribution is 0.301. The summed E-state index contributed by atoms with van der Waals surface area (Å²) < 4.78 is 0. The molecule has 0 atom stereocenters. The van der Waals surface area contributed by atoms with Crippen LogP contribution in [0.3, 0.4) is 0 Å². The molecule has 0 spiro atoms. The number of aromatic nitrogens is 1. The Balaban J connectivity index is 2.30. The molecule has 5 nitrogen and oxygen atoms in total. The molecule has 1 aliphatic rings. The quantitative estimate of drug-likeness (QED) is 0.377. The highest BCUT2D eigenvalue weighted by atomic mass is 16.4. The Kier molecular flexibility index (Phi) is 3.93.